The van der Waals surface area contributed by atoms with Gasteiger partial charge in [0.2, 0.25) is 0 Å². The number of hydrogen-bond donors (Lipinski definition) is 1. The topological polar surface area (TPSA) is 54.4 Å². The van der Waals surface area contributed by atoms with E-state index in [1.165, 1.54) is 6.26 Å². The summed E-state index contributed by atoms with van der Waals surface area (Å²) in [6, 6.07) is 0. The summed E-state index contributed by atoms with van der Waals surface area (Å²) in [4.78, 5) is 0. The SMILES string of the molecule is CS(=O)(=O)[C@H]1CCCC[C@H]1O. The third-order valence-electron chi connectivity index (χ3n) is 2.22. The van der Waals surface area contributed by atoms with Crippen LogP contribution in [0.25, 0.3) is 0 Å². The summed E-state index contributed by atoms with van der Waals surface area (Å²) in [5.74, 6) is 0. The standard InChI is InChI=1S/C7H14O3S/c1-11(9,10)7-5-3-2-4-6(7)8/h6-8H,2-5H2,1H3/t6-,7+/m1/s1. The average molecular weight is 178 g/mol. The van der Waals surface area contributed by atoms with Gasteiger partial charge in [0, 0.05) is 6.26 Å². The first kappa shape index (κ1) is 9.00. The molecule has 1 aliphatic rings. The Morgan fingerprint density at radius 1 is 1.27 bits per heavy atom. The fraction of sp³-hybridized carbons (Fsp3) is 1.00. The summed E-state index contributed by atoms with van der Waals surface area (Å²) in [6.07, 6.45) is 3.71. The molecule has 0 heterocycles. The van der Waals surface area contributed by atoms with Crippen molar-refractivity contribution in [3.8, 4) is 0 Å². The fourth-order valence-corrected chi connectivity index (χ4v) is 2.88. The van der Waals surface area contributed by atoms with Crippen molar-refractivity contribution in [2.24, 2.45) is 0 Å². The van der Waals surface area contributed by atoms with Gasteiger partial charge in [0.15, 0.2) is 9.84 Å². The normalized spacial score (nSPS) is 33.6. The van der Waals surface area contributed by atoms with Gasteiger partial charge in [-0.25, -0.2) is 8.42 Å². The van der Waals surface area contributed by atoms with Crippen LogP contribution in [0.5, 0.6) is 0 Å². The molecule has 1 N–H and O–H groups in total. The zero-order valence-corrected chi connectivity index (χ0v) is 7.47. The van der Waals surface area contributed by atoms with E-state index in [9.17, 15) is 13.5 Å². The molecule has 0 radical (unpaired) electrons. The maximum atomic E-state index is 11.0. The first-order valence-corrected chi connectivity index (χ1v) is 5.84. The minimum absolute atomic E-state index is 0.503. The predicted molar refractivity (Wildman–Crippen MR) is 43.1 cm³/mol. The molecular formula is C7H14O3S. The van der Waals surface area contributed by atoms with Crippen LogP contribution in [0.3, 0.4) is 0 Å². The van der Waals surface area contributed by atoms with Gasteiger partial charge >= 0.3 is 0 Å². The van der Waals surface area contributed by atoms with Crippen molar-refractivity contribution in [2.45, 2.75) is 37.0 Å². The maximum Gasteiger partial charge on any atom is 0.152 e. The number of rotatable bonds is 1. The van der Waals surface area contributed by atoms with Crippen LogP contribution >= 0.6 is 0 Å². The molecule has 0 unspecified atom stereocenters. The first-order valence-electron chi connectivity index (χ1n) is 3.89. The third kappa shape index (κ3) is 2.17. The molecule has 1 saturated carbocycles. The first-order chi connectivity index (χ1) is 5.02. The van der Waals surface area contributed by atoms with Gasteiger partial charge < -0.3 is 5.11 Å². The van der Waals surface area contributed by atoms with Crippen molar-refractivity contribution >= 4 is 9.84 Å². The summed E-state index contributed by atoms with van der Waals surface area (Å²) in [7, 11) is -3.03. The van der Waals surface area contributed by atoms with Gasteiger partial charge in [0.25, 0.3) is 0 Å². The Kier molecular flexibility index (Phi) is 2.54. The van der Waals surface area contributed by atoms with Crippen LogP contribution in [0.15, 0.2) is 0 Å². The second-order valence-electron chi connectivity index (χ2n) is 3.22. The molecule has 1 aliphatic carbocycles. The molecule has 0 saturated heterocycles. The summed E-state index contributed by atoms with van der Waals surface area (Å²) < 4.78 is 22.1. The third-order valence-corrected chi connectivity index (χ3v) is 3.87. The van der Waals surface area contributed by atoms with Crippen LogP contribution < -0.4 is 0 Å². The molecule has 4 heteroatoms. The van der Waals surface area contributed by atoms with Crippen molar-refractivity contribution in [2.75, 3.05) is 6.26 Å². The summed E-state index contributed by atoms with van der Waals surface area (Å²) in [5, 5.41) is 8.82. The lowest BCUT2D eigenvalue weighted by atomic mass is 9.97. The van der Waals surface area contributed by atoms with Gasteiger partial charge in [0.1, 0.15) is 0 Å². The van der Waals surface area contributed by atoms with Crippen LogP contribution in [0, 0.1) is 0 Å². The number of aliphatic hydroxyl groups excluding tert-OH is 1. The maximum absolute atomic E-state index is 11.0. The molecule has 66 valence electrons. The Labute approximate surface area is 67.3 Å². The van der Waals surface area contributed by atoms with Gasteiger partial charge in [-0.2, -0.15) is 0 Å². The van der Waals surface area contributed by atoms with Crippen LogP contribution in [0.4, 0.5) is 0 Å². The molecule has 0 spiro atoms. The molecule has 0 aromatic carbocycles. The van der Waals surface area contributed by atoms with E-state index in [-0.39, 0.29) is 0 Å². The van der Waals surface area contributed by atoms with Crippen LogP contribution in [-0.4, -0.2) is 31.1 Å². The molecule has 1 rings (SSSR count). The van der Waals surface area contributed by atoms with E-state index in [2.05, 4.69) is 0 Å². The monoisotopic (exact) mass is 178 g/mol. The van der Waals surface area contributed by atoms with E-state index < -0.39 is 21.2 Å². The Morgan fingerprint density at radius 2 is 1.82 bits per heavy atom. The Balaban J connectivity index is 2.70. The summed E-state index contributed by atoms with van der Waals surface area (Å²) >= 11 is 0. The van der Waals surface area contributed by atoms with Gasteiger partial charge in [-0.15, -0.1) is 0 Å². The van der Waals surface area contributed by atoms with E-state index in [1.54, 1.807) is 0 Å². The second-order valence-corrected chi connectivity index (χ2v) is 5.48. The van der Waals surface area contributed by atoms with Gasteiger partial charge in [-0.3, -0.25) is 0 Å². The number of sulfone groups is 1. The lowest BCUT2D eigenvalue weighted by molar-refractivity contribution is 0.133. The van der Waals surface area contributed by atoms with E-state index >= 15 is 0 Å². The van der Waals surface area contributed by atoms with Crippen LogP contribution in [-0.2, 0) is 9.84 Å². The van der Waals surface area contributed by atoms with E-state index in [0.29, 0.717) is 12.8 Å². The minimum Gasteiger partial charge on any atom is -0.392 e. The Hall–Kier alpha value is -0.0900. The smallest absolute Gasteiger partial charge is 0.152 e. The van der Waals surface area contributed by atoms with Crippen molar-refractivity contribution < 1.29 is 13.5 Å². The van der Waals surface area contributed by atoms with Crippen LogP contribution in [0.2, 0.25) is 0 Å². The zero-order chi connectivity index (χ0) is 8.48. The van der Waals surface area contributed by atoms with E-state index in [4.69, 9.17) is 0 Å². The molecule has 0 aromatic rings. The van der Waals surface area contributed by atoms with Crippen molar-refractivity contribution in [3.63, 3.8) is 0 Å². The number of aliphatic hydroxyl groups is 1. The molecule has 2 atom stereocenters. The average Bonchev–Trinajstić information content (AvgIpc) is 1.86. The Bertz CT molecular complexity index is 220. The molecule has 0 aliphatic heterocycles. The van der Waals surface area contributed by atoms with Crippen LogP contribution in [0.1, 0.15) is 25.7 Å². The highest BCUT2D eigenvalue weighted by Gasteiger charge is 2.30. The molecule has 1 fully saturated rings. The van der Waals surface area contributed by atoms with Gasteiger partial charge in [0.05, 0.1) is 11.4 Å². The molecule has 3 nitrogen and oxygen atoms in total. The zero-order valence-electron chi connectivity index (χ0n) is 6.66. The second kappa shape index (κ2) is 3.11. The largest absolute Gasteiger partial charge is 0.392 e. The van der Waals surface area contributed by atoms with E-state index in [1.807, 2.05) is 0 Å². The minimum atomic E-state index is -3.03. The quantitative estimate of drug-likeness (QED) is 0.629. The molecule has 0 aromatic heterocycles. The highest BCUT2D eigenvalue weighted by Crippen LogP contribution is 2.23. The van der Waals surface area contributed by atoms with Crippen molar-refractivity contribution in [1.82, 2.24) is 0 Å². The van der Waals surface area contributed by atoms with Gasteiger partial charge in [-0.1, -0.05) is 12.8 Å². The highest BCUT2D eigenvalue weighted by molar-refractivity contribution is 7.91. The fourth-order valence-electron chi connectivity index (χ4n) is 1.58. The highest BCUT2D eigenvalue weighted by atomic mass is 32.2. The summed E-state index contributed by atoms with van der Waals surface area (Å²) in [5.41, 5.74) is 0. The summed E-state index contributed by atoms with van der Waals surface area (Å²) in [6.45, 7) is 0. The molecular weight excluding hydrogens is 164 g/mol. The molecule has 0 bridgehead atoms. The van der Waals surface area contributed by atoms with Crippen molar-refractivity contribution in [1.29, 1.82) is 0 Å². The lowest BCUT2D eigenvalue weighted by Gasteiger charge is -2.25. The number of hydrogen-bond acceptors (Lipinski definition) is 3. The van der Waals surface area contributed by atoms with Gasteiger partial charge in [-0.05, 0) is 12.8 Å². The molecule has 11 heavy (non-hydrogen) atoms. The predicted octanol–water partition coefficient (Wildman–Crippen LogP) is 0.334. The van der Waals surface area contributed by atoms with Crippen molar-refractivity contribution in [3.05, 3.63) is 0 Å². The lowest BCUT2D eigenvalue weighted by Crippen LogP contribution is -2.36. The van der Waals surface area contributed by atoms with E-state index in [0.717, 1.165) is 12.8 Å². The Morgan fingerprint density at radius 3 is 2.18 bits per heavy atom. The molecule has 0 amide bonds.